The van der Waals surface area contributed by atoms with E-state index in [1.807, 2.05) is 0 Å². The van der Waals surface area contributed by atoms with Crippen LogP contribution in [0.2, 0.25) is 0 Å². The van der Waals surface area contributed by atoms with Crippen LogP contribution in [0.5, 0.6) is 0 Å². The number of hydrogen-bond donors (Lipinski definition) is 1. The molecule has 0 aliphatic carbocycles. The van der Waals surface area contributed by atoms with E-state index in [-0.39, 0.29) is 11.1 Å². The summed E-state index contributed by atoms with van der Waals surface area (Å²) in [5, 5.41) is 1.45. The largest absolute Gasteiger partial charge is 0.471 e. The molecule has 8 heteroatoms. The fraction of sp³-hybridized carbons (Fsp3) is 0.167. The average molecular weight is 288 g/mol. The summed E-state index contributed by atoms with van der Waals surface area (Å²) in [6, 6.07) is 3.82. The van der Waals surface area contributed by atoms with Crippen molar-refractivity contribution < 1.29 is 27.2 Å². The summed E-state index contributed by atoms with van der Waals surface area (Å²) in [5.41, 5.74) is -0.135. The summed E-state index contributed by atoms with van der Waals surface area (Å²) in [5.74, 6) is -3.70. The Balaban J connectivity index is 2.19. The van der Waals surface area contributed by atoms with Gasteiger partial charge in [0.05, 0.1) is 12.1 Å². The van der Waals surface area contributed by atoms with Gasteiger partial charge in [-0.3, -0.25) is 9.59 Å². The van der Waals surface area contributed by atoms with Gasteiger partial charge in [0.1, 0.15) is 5.82 Å². The minimum Gasteiger partial charge on any atom is -0.341 e. The lowest BCUT2D eigenvalue weighted by atomic mass is 10.1. The molecule has 0 atom stereocenters. The number of nitrogens with zero attached hydrogens (tertiary/aromatic N) is 1. The Morgan fingerprint density at radius 2 is 1.90 bits per heavy atom. The van der Waals surface area contributed by atoms with Crippen LogP contribution in [-0.4, -0.2) is 28.8 Å². The zero-order chi connectivity index (χ0) is 14.9. The van der Waals surface area contributed by atoms with Crippen LogP contribution in [0.15, 0.2) is 30.6 Å². The molecule has 2 aromatic rings. The minimum absolute atomic E-state index is 0.0428. The van der Waals surface area contributed by atoms with E-state index in [2.05, 4.69) is 0 Å². The molecule has 0 spiro atoms. The number of aromatic nitrogens is 1. The second-order valence-electron chi connectivity index (χ2n) is 3.95. The molecule has 4 nitrogen and oxygen atoms in total. The number of nitrogens with one attached hydrogen (secondary N) is 1. The SMILES string of the molecule is O=C(CNC(=O)C(F)(F)F)c1ccn2cccc(F)c12. The van der Waals surface area contributed by atoms with Crippen molar-refractivity contribution in [3.05, 3.63) is 42.0 Å². The van der Waals surface area contributed by atoms with Gasteiger partial charge in [-0.25, -0.2) is 4.39 Å². The minimum atomic E-state index is -5.06. The van der Waals surface area contributed by atoms with Crippen LogP contribution in [0.1, 0.15) is 10.4 Å². The molecule has 0 unspecified atom stereocenters. The van der Waals surface area contributed by atoms with Crippen molar-refractivity contribution in [1.82, 2.24) is 9.72 Å². The standard InChI is InChI=1S/C12H8F4N2O2/c13-8-2-1-4-18-5-3-7(10(8)18)9(19)6-17-11(20)12(14,15)16/h1-5H,6H2,(H,17,20). The fourth-order valence-corrected chi connectivity index (χ4v) is 1.70. The first-order chi connectivity index (χ1) is 9.30. The van der Waals surface area contributed by atoms with Crippen molar-refractivity contribution in [3.63, 3.8) is 0 Å². The highest BCUT2D eigenvalue weighted by Gasteiger charge is 2.38. The first-order valence-corrected chi connectivity index (χ1v) is 5.44. The molecule has 0 saturated heterocycles. The third-order valence-electron chi connectivity index (χ3n) is 2.60. The molecule has 0 aromatic carbocycles. The van der Waals surface area contributed by atoms with E-state index < -0.39 is 30.2 Å². The molecule has 1 N–H and O–H groups in total. The van der Waals surface area contributed by atoms with Gasteiger partial charge < -0.3 is 9.72 Å². The van der Waals surface area contributed by atoms with Crippen LogP contribution in [0.3, 0.4) is 0 Å². The number of Topliss-reactive ketones (excluding diaryl/α,β-unsaturated/α-hetero) is 1. The van der Waals surface area contributed by atoms with Crippen LogP contribution in [0, 0.1) is 5.82 Å². The molecular formula is C12H8F4N2O2. The van der Waals surface area contributed by atoms with Gasteiger partial charge in [0.25, 0.3) is 0 Å². The van der Waals surface area contributed by atoms with Crippen LogP contribution >= 0.6 is 0 Å². The van der Waals surface area contributed by atoms with Crippen molar-refractivity contribution >= 4 is 17.2 Å². The summed E-state index contributed by atoms with van der Waals surface area (Å²) in [6.45, 7) is -0.855. The molecule has 0 aliphatic heterocycles. The third kappa shape index (κ3) is 2.63. The van der Waals surface area contributed by atoms with Crippen molar-refractivity contribution in [3.8, 4) is 0 Å². The molecule has 2 rings (SSSR count). The monoisotopic (exact) mass is 288 g/mol. The van der Waals surface area contributed by atoms with Crippen LogP contribution in [0.25, 0.3) is 5.52 Å². The highest BCUT2D eigenvalue weighted by Crippen LogP contribution is 2.17. The molecule has 0 bridgehead atoms. The maximum atomic E-state index is 13.6. The van der Waals surface area contributed by atoms with E-state index in [0.717, 1.165) is 6.07 Å². The number of fused-ring (bicyclic) bond motifs is 1. The van der Waals surface area contributed by atoms with Crippen LogP contribution in [-0.2, 0) is 4.79 Å². The van der Waals surface area contributed by atoms with E-state index in [0.29, 0.717) is 0 Å². The first kappa shape index (κ1) is 14.0. The van der Waals surface area contributed by atoms with Crippen LogP contribution in [0.4, 0.5) is 17.6 Å². The lowest BCUT2D eigenvalue weighted by Gasteiger charge is -2.07. The average Bonchev–Trinajstić information content (AvgIpc) is 2.79. The summed E-state index contributed by atoms with van der Waals surface area (Å²) in [4.78, 5) is 22.3. The molecular weight excluding hydrogens is 280 g/mol. The quantitative estimate of drug-likeness (QED) is 0.693. The van der Waals surface area contributed by atoms with Crippen molar-refractivity contribution in [2.75, 3.05) is 6.54 Å². The molecule has 2 aromatic heterocycles. The van der Waals surface area contributed by atoms with Gasteiger partial charge in [0.2, 0.25) is 0 Å². The molecule has 1 amide bonds. The number of carbonyl (C=O) groups excluding carboxylic acids is 2. The maximum absolute atomic E-state index is 13.6. The molecule has 0 aliphatic rings. The fourth-order valence-electron chi connectivity index (χ4n) is 1.70. The Labute approximate surface area is 110 Å². The first-order valence-electron chi connectivity index (χ1n) is 5.44. The molecule has 0 fully saturated rings. The topological polar surface area (TPSA) is 50.6 Å². The van der Waals surface area contributed by atoms with Crippen molar-refractivity contribution in [1.29, 1.82) is 0 Å². The third-order valence-corrected chi connectivity index (χ3v) is 2.60. The van der Waals surface area contributed by atoms with Gasteiger partial charge in [-0.05, 0) is 18.2 Å². The van der Waals surface area contributed by atoms with E-state index in [1.165, 1.54) is 34.2 Å². The summed E-state index contributed by atoms with van der Waals surface area (Å²) in [7, 11) is 0. The zero-order valence-corrected chi connectivity index (χ0v) is 9.87. The normalized spacial score (nSPS) is 11.6. The molecule has 20 heavy (non-hydrogen) atoms. The van der Waals surface area contributed by atoms with E-state index in [4.69, 9.17) is 0 Å². The number of ketones is 1. The molecule has 2 heterocycles. The predicted molar refractivity (Wildman–Crippen MR) is 60.8 cm³/mol. The predicted octanol–water partition coefficient (Wildman–Crippen LogP) is 1.94. The number of rotatable bonds is 3. The summed E-state index contributed by atoms with van der Waals surface area (Å²) < 4.78 is 50.8. The number of amides is 1. The lowest BCUT2D eigenvalue weighted by molar-refractivity contribution is -0.173. The van der Waals surface area contributed by atoms with Gasteiger partial charge >= 0.3 is 12.1 Å². The van der Waals surface area contributed by atoms with Gasteiger partial charge in [0.15, 0.2) is 5.78 Å². The molecule has 106 valence electrons. The lowest BCUT2D eigenvalue weighted by Crippen LogP contribution is -2.39. The van der Waals surface area contributed by atoms with E-state index >= 15 is 0 Å². The smallest absolute Gasteiger partial charge is 0.341 e. The van der Waals surface area contributed by atoms with Gasteiger partial charge in [0, 0.05) is 18.0 Å². The number of hydrogen-bond acceptors (Lipinski definition) is 2. The van der Waals surface area contributed by atoms with Crippen LogP contribution < -0.4 is 5.32 Å². The van der Waals surface area contributed by atoms with Crippen molar-refractivity contribution in [2.24, 2.45) is 0 Å². The van der Waals surface area contributed by atoms with E-state index in [9.17, 15) is 27.2 Å². The Bertz CT molecular complexity index is 676. The van der Waals surface area contributed by atoms with Gasteiger partial charge in [-0.15, -0.1) is 0 Å². The highest BCUT2D eigenvalue weighted by atomic mass is 19.4. The number of pyridine rings is 1. The van der Waals surface area contributed by atoms with E-state index in [1.54, 1.807) is 0 Å². The molecule has 0 saturated carbocycles. The second-order valence-corrected chi connectivity index (χ2v) is 3.95. The van der Waals surface area contributed by atoms with Gasteiger partial charge in [-0.1, -0.05) is 0 Å². The Morgan fingerprint density at radius 1 is 1.20 bits per heavy atom. The van der Waals surface area contributed by atoms with Crippen molar-refractivity contribution in [2.45, 2.75) is 6.18 Å². The summed E-state index contributed by atoms with van der Waals surface area (Å²) in [6.07, 6.45) is -2.17. The Hall–Kier alpha value is -2.38. The zero-order valence-electron chi connectivity index (χ0n) is 9.87. The molecule has 0 radical (unpaired) electrons. The van der Waals surface area contributed by atoms with Gasteiger partial charge in [-0.2, -0.15) is 13.2 Å². The Morgan fingerprint density at radius 3 is 2.55 bits per heavy atom. The number of carbonyl (C=O) groups is 2. The number of halogens is 4. The summed E-state index contributed by atoms with van der Waals surface area (Å²) >= 11 is 0. The Kier molecular flexibility index (Phi) is 3.47. The maximum Gasteiger partial charge on any atom is 0.471 e. The number of alkyl halides is 3. The second kappa shape index (κ2) is 4.95. The highest BCUT2D eigenvalue weighted by molar-refractivity contribution is 6.05.